The summed E-state index contributed by atoms with van der Waals surface area (Å²) in [6.45, 7) is 3.87. The second-order valence-corrected chi connectivity index (χ2v) is 8.15. The Kier molecular flexibility index (Phi) is 5.71. The fraction of sp³-hybridized carbons (Fsp3) is 0.250. The maximum absolute atomic E-state index is 12.4. The van der Waals surface area contributed by atoms with Gasteiger partial charge in [-0.3, -0.25) is 4.79 Å². The van der Waals surface area contributed by atoms with Crippen LogP contribution in [0.3, 0.4) is 0 Å². The van der Waals surface area contributed by atoms with Crippen molar-refractivity contribution in [2.45, 2.75) is 18.7 Å². The molecule has 1 amide bonds. The number of hydrogen-bond acceptors (Lipinski definition) is 5. The molecule has 1 heterocycles. The Bertz CT molecular complexity index is 1100. The molecule has 0 saturated carbocycles. The third-order valence-corrected chi connectivity index (χ3v) is 5.86. The monoisotopic (exact) mass is 402 g/mol. The van der Waals surface area contributed by atoms with Crippen LogP contribution in [0.2, 0.25) is 0 Å². The number of nitrogens with one attached hydrogen (secondary N) is 2. The van der Waals surface area contributed by atoms with Gasteiger partial charge in [0.1, 0.15) is 11.3 Å². The zero-order valence-corrected chi connectivity index (χ0v) is 16.7. The molecule has 2 N–H and O–H groups in total. The molecule has 8 heteroatoms. The molecule has 0 aliphatic rings. The first kappa shape index (κ1) is 19.9. The van der Waals surface area contributed by atoms with E-state index in [0.29, 0.717) is 16.9 Å². The zero-order chi connectivity index (χ0) is 20.3. The first-order valence-corrected chi connectivity index (χ1v) is 10.2. The van der Waals surface area contributed by atoms with Gasteiger partial charge in [-0.1, -0.05) is 17.7 Å². The SMILES string of the molecule is COc1ccc2oc(C(=O)NCCNS(=O)(=O)c3ccc(C)cc3)c(C)c2c1. The van der Waals surface area contributed by atoms with Crippen molar-refractivity contribution in [2.24, 2.45) is 0 Å². The quantitative estimate of drug-likeness (QED) is 0.592. The van der Waals surface area contributed by atoms with Gasteiger partial charge in [-0.25, -0.2) is 13.1 Å². The lowest BCUT2D eigenvalue weighted by Crippen LogP contribution is -2.34. The number of hydrogen-bond donors (Lipinski definition) is 2. The molecule has 1 aromatic heterocycles. The van der Waals surface area contributed by atoms with Crippen molar-refractivity contribution in [3.63, 3.8) is 0 Å². The number of carbonyl (C=O) groups excluding carboxylic acids is 1. The molecule has 0 saturated heterocycles. The topological polar surface area (TPSA) is 97.6 Å². The maximum Gasteiger partial charge on any atom is 0.287 e. The Morgan fingerprint density at radius 3 is 2.46 bits per heavy atom. The molecule has 0 aliphatic heterocycles. The number of methoxy groups -OCH3 is 1. The molecule has 3 rings (SSSR count). The average molecular weight is 402 g/mol. The minimum absolute atomic E-state index is 0.0645. The van der Waals surface area contributed by atoms with Crippen molar-refractivity contribution < 1.29 is 22.4 Å². The molecule has 7 nitrogen and oxygen atoms in total. The predicted molar refractivity (Wildman–Crippen MR) is 106 cm³/mol. The van der Waals surface area contributed by atoms with Crippen molar-refractivity contribution in [3.8, 4) is 5.75 Å². The van der Waals surface area contributed by atoms with Gasteiger partial charge in [-0.2, -0.15) is 0 Å². The lowest BCUT2D eigenvalue weighted by atomic mass is 10.1. The van der Waals surface area contributed by atoms with Crippen LogP contribution < -0.4 is 14.8 Å². The number of sulfonamides is 1. The molecule has 28 heavy (non-hydrogen) atoms. The summed E-state index contributed by atoms with van der Waals surface area (Å²) in [5, 5.41) is 3.47. The van der Waals surface area contributed by atoms with Crippen LogP contribution in [0.25, 0.3) is 11.0 Å². The van der Waals surface area contributed by atoms with Crippen LogP contribution in [0.15, 0.2) is 51.8 Å². The summed E-state index contributed by atoms with van der Waals surface area (Å²) in [4.78, 5) is 12.6. The van der Waals surface area contributed by atoms with Gasteiger partial charge in [0.15, 0.2) is 5.76 Å². The molecule has 0 unspecified atom stereocenters. The number of fused-ring (bicyclic) bond motifs is 1. The van der Waals surface area contributed by atoms with Gasteiger partial charge in [0.25, 0.3) is 5.91 Å². The van der Waals surface area contributed by atoms with Crippen molar-refractivity contribution in [1.29, 1.82) is 0 Å². The molecule has 3 aromatic rings. The number of aryl methyl sites for hydroxylation is 2. The summed E-state index contributed by atoms with van der Waals surface area (Å²) < 4.78 is 37.8. The van der Waals surface area contributed by atoms with E-state index in [0.717, 1.165) is 10.9 Å². The van der Waals surface area contributed by atoms with E-state index < -0.39 is 15.9 Å². The summed E-state index contributed by atoms with van der Waals surface area (Å²) in [5.41, 5.74) is 2.26. The van der Waals surface area contributed by atoms with Gasteiger partial charge < -0.3 is 14.5 Å². The van der Waals surface area contributed by atoms with Gasteiger partial charge in [0.05, 0.1) is 12.0 Å². The summed E-state index contributed by atoms with van der Waals surface area (Å²) >= 11 is 0. The highest BCUT2D eigenvalue weighted by atomic mass is 32.2. The number of carbonyl (C=O) groups is 1. The molecule has 0 aliphatic carbocycles. The number of benzene rings is 2. The van der Waals surface area contributed by atoms with Crippen molar-refractivity contribution >= 4 is 26.9 Å². The Morgan fingerprint density at radius 2 is 1.79 bits per heavy atom. The van der Waals surface area contributed by atoms with Crippen LogP contribution in [0.5, 0.6) is 5.75 Å². The van der Waals surface area contributed by atoms with Gasteiger partial charge in [-0.15, -0.1) is 0 Å². The summed E-state index contributed by atoms with van der Waals surface area (Å²) in [6, 6.07) is 11.9. The van der Waals surface area contributed by atoms with E-state index in [1.54, 1.807) is 56.5 Å². The third-order valence-electron chi connectivity index (χ3n) is 4.38. The first-order valence-electron chi connectivity index (χ1n) is 8.73. The molecule has 0 spiro atoms. The number of amides is 1. The highest BCUT2D eigenvalue weighted by Gasteiger charge is 2.18. The Balaban J connectivity index is 1.61. The van der Waals surface area contributed by atoms with Crippen molar-refractivity contribution in [3.05, 3.63) is 59.4 Å². The first-order chi connectivity index (χ1) is 13.3. The van der Waals surface area contributed by atoms with Crippen LogP contribution in [-0.2, 0) is 10.0 Å². The molecule has 2 aromatic carbocycles. The van der Waals surface area contributed by atoms with Crippen LogP contribution in [0.4, 0.5) is 0 Å². The summed E-state index contributed by atoms with van der Waals surface area (Å²) in [6.07, 6.45) is 0. The van der Waals surface area contributed by atoms with Crippen molar-refractivity contribution in [2.75, 3.05) is 20.2 Å². The lowest BCUT2D eigenvalue weighted by molar-refractivity contribution is 0.0928. The van der Waals surface area contributed by atoms with Gasteiger partial charge in [0, 0.05) is 24.0 Å². The van der Waals surface area contributed by atoms with Gasteiger partial charge in [-0.05, 0) is 44.2 Å². The lowest BCUT2D eigenvalue weighted by Gasteiger charge is -2.08. The third kappa shape index (κ3) is 4.18. The molecular formula is C20H22N2O5S. The van der Waals surface area contributed by atoms with Crippen molar-refractivity contribution in [1.82, 2.24) is 10.0 Å². The molecule has 0 fully saturated rings. The molecule has 0 atom stereocenters. The zero-order valence-electron chi connectivity index (χ0n) is 15.9. The van der Waals surface area contributed by atoms with E-state index in [2.05, 4.69) is 10.0 Å². The van der Waals surface area contributed by atoms with Crippen LogP contribution >= 0.6 is 0 Å². The van der Waals surface area contributed by atoms with Crippen LogP contribution in [0.1, 0.15) is 21.7 Å². The Morgan fingerprint density at radius 1 is 1.07 bits per heavy atom. The van der Waals surface area contributed by atoms with Gasteiger partial charge >= 0.3 is 0 Å². The minimum atomic E-state index is -3.61. The van der Waals surface area contributed by atoms with Gasteiger partial charge in [0.2, 0.25) is 10.0 Å². The maximum atomic E-state index is 12.4. The summed E-state index contributed by atoms with van der Waals surface area (Å²) in [7, 11) is -2.04. The van der Waals surface area contributed by atoms with E-state index >= 15 is 0 Å². The Hall–Kier alpha value is -2.84. The van der Waals surface area contributed by atoms with E-state index in [-0.39, 0.29) is 23.7 Å². The van der Waals surface area contributed by atoms with Crippen LogP contribution in [-0.4, -0.2) is 34.5 Å². The normalized spacial score (nSPS) is 11.5. The fourth-order valence-corrected chi connectivity index (χ4v) is 3.82. The smallest absolute Gasteiger partial charge is 0.287 e. The van der Waals surface area contributed by atoms with E-state index in [4.69, 9.17) is 9.15 Å². The highest BCUT2D eigenvalue weighted by molar-refractivity contribution is 7.89. The number of rotatable bonds is 7. The second-order valence-electron chi connectivity index (χ2n) is 6.39. The highest BCUT2D eigenvalue weighted by Crippen LogP contribution is 2.28. The number of furan rings is 1. The average Bonchev–Trinajstić information content (AvgIpc) is 3.01. The van der Waals surface area contributed by atoms with E-state index in [1.807, 2.05) is 6.92 Å². The largest absolute Gasteiger partial charge is 0.497 e. The summed E-state index contributed by atoms with van der Waals surface area (Å²) in [5.74, 6) is 0.473. The minimum Gasteiger partial charge on any atom is -0.497 e. The number of ether oxygens (including phenoxy) is 1. The van der Waals surface area contributed by atoms with Crippen LogP contribution in [0, 0.1) is 13.8 Å². The molecule has 0 radical (unpaired) electrons. The Labute approximate surface area is 163 Å². The molecule has 148 valence electrons. The second kappa shape index (κ2) is 8.04. The molecular weight excluding hydrogens is 380 g/mol. The van der Waals surface area contributed by atoms with E-state index in [1.165, 1.54) is 0 Å². The fourth-order valence-electron chi connectivity index (χ4n) is 2.79. The predicted octanol–water partition coefficient (Wildman–Crippen LogP) is 2.77. The standard InChI is InChI=1S/C20H22N2O5S/c1-13-4-7-16(8-5-13)28(24,25)22-11-10-21-20(23)19-14(2)17-12-15(26-3)6-9-18(17)27-19/h4-9,12,22H,10-11H2,1-3H3,(H,21,23). The van der Waals surface area contributed by atoms with E-state index in [9.17, 15) is 13.2 Å². The molecule has 0 bridgehead atoms.